The molecule has 150 valence electrons. The zero-order valence-corrected chi connectivity index (χ0v) is 17.8. The van der Waals surface area contributed by atoms with E-state index in [4.69, 9.17) is 16.3 Å². The number of Topliss-reactive ketones (excluding diaryl/α,β-unsaturated/α-hetero) is 1. The highest BCUT2D eigenvalue weighted by Gasteiger charge is 2.32. The van der Waals surface area contributed by atoms with Crippen molar-refractivity contribution in [3.63, 3.8) is 0 Å². The third kappa shape index (κ3) is 3.83. The highest BCUT2D eigenvalue weighted by atomic mass is 35.5. The van der Waals surface area contributed by atoms with Gasteiger partial charge in [0.1, 0.15) is 5.69 Å². The minimum Gasteiger partial charge on any atom is -0.464 e. The van der Waals surface area contributed by atoms with Crippen molar-refractivity contribution in [2.24, 2.45) is 7.05 Å². The van der Waals surface area contributed by atoms with Gasteiger partial charge in [0, 0.05) is 35.4 Å². The smallest absolute Gasteiger partial charge is 0.354 e. The highest BCUT2D eigenvalue weighted by molar-refractivity contribution is 6.31. The van der Waals surface area contributed by atoms with E-state index in [0.29, 0.717) is 39.6 Å². The van der Waals surface area contributed by atoms with Crippen molar-refractivity contribution in [3.05, 3.63) is 57.4 Å². The van der Waals surface area contributed by atoms with Gasteiger partial charge in [0.25, 0.3) is 5.91 Å². The summed E-state index contributed by atoms with van der Waals surface area (Å²) < 4.78 is 6.48. The van der Waals surface area contributed by atoms with Crippen molar-refractivity contribution in [1.82, 2.24) is 9.47 Å². The van der Waals surface area contributed by atoms with Crippen LogP contribution in [-0.2, 0) is 11.8 Å². The molecule has 1 aromatic heterocycles. The number of benzene rings is 1. The fourth-order valence-corrected chi connectivity index (χ4v) is 3.65. The van der Waals surface area contributed by atoms with Crippen molar-refractivity contribution in [1.29, 1.82) is 0 Å². The van der Waals surface area contributed by atoms with E-state index in [0.717, 1.165) is 0 Å². The summed E-state index contributed by atoms with van der Waals surface area (Å²) in [5, 5.41) is 0.457. The lowest BCUT2D eigenvalue weighted by Crippen LogP contribution is -2.43. The SMILES string of the molecule is CCN(C(=O)c1cccc(Cl)c1)[C@@H](C)C(=O)c1c(C)c(C(=O)OC)n(C)c1C. The highest BCUT2D eigenvalue weighted by Crippen LogP contribution is 2.25. The first-order valence-electron chi connectivity index (χ1n) is 9.00. The Bertz CT molecular complexity index is 933. The van der Waals surface area contributed by atoms with Crippen LogP contribution in [0.1, 0.15) is 56.3 Å². The van der Waals surface area contributed by atoms with E-state index in [1.807, 2.05) is 6.92 Å². The Hall–Kier alpha value is -2.60. The first-order valence-corrected chi connectivity index (χ1v) is 9.38. The van der Waals surface area contributed by atoms with Gasteiger partial charge in [-0.15, -0.1) is 0 Å². The number of halogens is 1. The van der Waals surface area contributed by atoms with Crippen LogP contribution in [0.4, 0.5) is 0 Å². The summed E-state index contributed by atoms with van der Waals surface area (Å²) in [5.41, 5.74) is 2.40. The van der Waals surface area contributed by atoms with Gasteiger partial charge in [0.05, 0.1) is 13.2 Å². The fourth-order valence-electron chi connectivity index (χ4n) is 3.46. The van der Waals surface area contributed by atoms with Gasteiger partial charge in [-0.25, -0.2) is 4.79 Å². The van der Waals surface area contributed by atoms with Gasteiger partial charge in [-0.3, -0.25) is 9.59 Å². The van der Waals surface area contributed by atoms with Gasteiger partial charge in [0.15, 0.2) is 5.78 Å². The van der Waals surface area contributed by atoms with Gasteiger partial charge in [-0.2, -0.15) is 0 Å². The Kier molecular flexibility index (Phi) is 6.67. The predicted molar refractivity (Wildman–Crippen MR) is 108 cm³/mol. The van der Waals surface area contributed by atoms with E-state index in [-0.39, 0.29) is 11.7 Å². The lowest BCUT2D eigenvalue weighted by Gasteiger charge is -2.27. The Balaban J connectivity index is 2.43. The van der Waals surface area contributed by atoms with E-state index in [9.17, 15) is 14.4 Å². The monoisotopic (exact) mass is 404 g/mol. The Labute approximate surface area is 170 Å². The minimum absolute atomic E-state index is 0.224. The number of rotatable bonds is 6. The average Bonchev–Trinajstić information content (AvgIpc) is 2.89. The largest absolute Gasteiger partial charge is 0.464 e. The Morgan fingerprint density at radius 2 is 1.89 bits per heavy atom. The zero-order valence-electron chi connectivity index (χ0n) is 17.0. The quantitative estimate of drug-likeness (QED) is 0.542. The van der Waals surface area contributed by atoms with Crippen LogP contribution in [0.2, 0.25) is 5.02 Å². The van der Waals surface area contributed by atoms with Crippen LogP contribution in [0.3, 0.4) is 0 Å². The van der Waals surface area contributed by atoms with Crippen LogP contribution in [0.25, 0.3) is 0 Å². The number of hydrogen-bond donors (Lipinski definition) is 0. The van der Waals surface area contributed by atoms with Crippen molar-refractivity contribution < 1.29 is 19.1 Å². The number of aromatic nitrogens is 1. The molecular weight excluding hydrogens is 380 g/mol. The predicted octanol–water partition coefficient (Wildman–Crippen LogP) is 3.82. The summed E-state index contributed by atoms with van der Waals surface area (Å²) >= 11 is 6.00. The van der Waals surface area contributed by atoms with Gasteiger partial charge in [0.2, 0.25) is 0 Å². The van der Waals surface area contributed by atoms with Gasteiger partial charge in [-0.1, -0.05) is 17.7 Å². The summed E-state index contributed by atoms with van der Waals surface area (Å²) in [7, 11) is 3.02. The molecule has 1 heterocycles. The molecule has 1 amide bonds. The maximum Gasteiger partial charge on any atom is 0.354 e. The molecule has 0 fully saturated rings. The summed E-state index contributed by atoms with van der Waals surface area (Å²) in [6.07, 6.45) is 0. The number of carbonyl (C=O) groups excluding carboxylic acids is 3. The second kappa shape index (κ2) is 8.61. The molecule has 0 saturated carbocycles. The third-order valence-corrected chi connectivity index (χ3v) is 5.31. The number of amides is 1. The van der Waals surface area contributed by atoms with E-state index in [2.05, 4.69) is 0 Å². The number of carbonyl (C=O) groups is 3. The van der Waals surface area contributed by atoms with E-state index >= 15 is 0 Å². The molecule has 7 heteroatoms. The summed E-state index contributed by atoms with van der Waals surface area (Å²) in [6.45, 7) is 7.35. The first-order chi connectivity index (χ1) is 13.1. The number of esters is 1. The standard InChI is InChI=1S/C21H25ClN2O4/c1-7-24(20(26)15-9-8-10-16(22)11-15)14(4)19(25)17-12(2)18(21(27)28-6)23(5)13(17)3/h8-11,14H,7H2,1-6H3/t14-/m0/s1. The van der Waals surface area contributed by atoms with Crippen LogP contribution in [0.5, 0.6) is 0 Å². The Morgan fingerprint density at radius 1 is 1.25 bits per heavy atom. The lowest BCUT2D eigenvalue weighted by atomic mass is 9.99. The number of ketones is 1. The van der Waals surface area contributed by atoms with Crippen molar-refractivity contribution in [2.45, 2.75) is 33.7 Å². The average molecular weight is 405 g/mol. The molecule has 0 radical (unpaired) electrons. The molecule has 0 aliphatic carbocycles. The van der Waals surface area contributed by atoms with Crippen molar-refractivity contribution >= 4 is 29.3 Å². The third-order valence-electron chi connectivity index (χ3n) is 5.08. The molecule has 0 bridgehead atoms. The minimum atomic E-state index is -0.707. The van der Waals surface area contributed by atoms with Crippen molar-refractivity contribution in [3.8, 4) is 0 Å². The maximum absolute atomic E-state index is 13.3. The number of nitrogens with zero attached hydrogens (tertiary/aromatic N) is 2. The lowest BCUT2D eigenvalue weighted by molar-refractivity contribution is 0.0588. The summed E-state index contributed by atoms with van der Waals surface area (Å²) in [4.78, 5) is 39.8. The van der Waals surface area contributed by atoms with Gasteiger partial charge < -0.3 is 14.2 Å². The van der Waals surface area contributed by atoms with Gasteiger partial charge in [-0.05, 0) is 51.5 Å². The summed E-state index contributed by atoms with van der Waals surface area (Å²) in [6, 6.07) is 5.93. The van der Waals surface area contributed by atoms with Crippen LogP contribution in [-0.4, -0.2) is 46.8 Å². The number of likely N-dealkylation sites (N-methyl/N-ethyl adjacent to an activating group) is 1. The topological polar surface area (TPSA) is 68.6 Å². The van der Waals surface area contributed by atoms with Crippen LogP contribution < -0.4 is 0 Å². The van der Waals surface area contributed by atoms with Crippen LogP contribution >= 0.6 is 11.6 Å². The first kappa shape index (κ1) is 21.7. The molecule has 6 nitrogen and oxygen atoms in total. The number of methoxy groups -OCH3 is 1. The molecule has 0 saturated heterocycles. The van der Waals surface area contributed by atoms with E-state index in [1.165, 1.54) is 12.0 Å². The molecule has 1 atom stereocenters. The number of hydrogen-bond acceptors (Lipinski definition) is 4. The summed E-state index contributed by atoms with van der Waals surface area (Å²) in [5.74, 6) is -1.000. The Morgan fingerprint density at radius 3 is 2.43 bits per heavy atom. The van der Waals surface area contributed by atoms with Gasteiger partial charge >= 0.3 is 5.97 Å². The molecule has 0 aliphatic heterocycles. The molecule has 0 N–H and O–H groups in total. The van der Waals surface area contributed by atoms with Crippen LogP contribution in [0, 0.1) is 13.8 Å². The number of ether oxygens (including phenoxy) is 1. The zero-order chi connectivity index (χ0) is 21.2. The molecule has 0 aliphatic rings. The molecule has 1 aromatic carbocycles. The molecular formula is C21H25ClN2O4. The second-order valence-electron chi connectivity index (χ2n) is 6.63. The fraction of sp³-hybridized carbons (Fsp3) is 0.381. The molecule has 0 unspecified atom stereocenters. The van der Waals surface area contributed by atoms with E-state index < -0.39 is 12.0 Å². The maximum atomic E-state index is 13.3. The molecule has 0 spiro atoms. The van der Waals surface area contributed by atoms with Crippen molar-refractivity contribution in [2.75, 3.05) is 13.7 Å². The molecule has 2 rings (SSSR count). The molecule has 28 heavy (non-hydrogen) atoms. The second-order valence-corrected chi connectivity index (χ2v) is 7.06. The van der Waals surface area contributed by atoms with E-state index in [1.54, 1.807) is 56.7 Å². The normalized spacial score (nSPS) is 11.8. The van der Waals surface area contributed by atoms with Crippen LogP contribution in [0.15, 0.2) is 24.3 Å². The molecule has 2 aromatic rings.